The molecule has 0 aliphatic carbocycles. The fraction of sp³-hybridized carbons (Fsp3) is 0.526. The number of carbonyl (C=O) groups excluding carboxylic acids is 2. The molecule has 7 nitrogen and oxygen atoms in total. The Morgan fingerprint density at radius 2 is 2.10 bits per heavy atom. The molecule has 2 rings (SSSR count). The number of halogens is 3. The van der Waals surface area contributed by atoms with E-state index in [4.69, 9.17) is 11.1 Å². The minimum atomic E-state index is -4.48. The number of piperidine rings is 1. The molecule has 3 amide bonds. The lowest BCUT2D eigenvalue weighted by Gasteiger charge is -2.36. The Morgan fingerprint density at radius 3 is 2.72 bits per heavy atom. The fourth-order valence-corrected chi connectivity index (χ4v) is 3.35. The second-order valence-corrected chi connectivity index (χ2v) is 7.38. The highest BCUT2D eigenvalue weighted by atomic mass is 19.4. The molecule has 1 aliphatic heterocycles. The number of hydrogen-bond donors (Lipinski definition) is 3. The van der Waals surface area contributed by atoms with E-state index in [-0.39, 0.29) is 35.8 Å². The molecule has 0 radical (unpaired) electrons. The number of amides is 3. The molecule has 1 unspecified atom stereocenters. The van der Waals surface area contributed by atoms with Gasteiger partial charge in [0.1, 0.15) is 0 Å². The summed E-state index contributed by atoms with van der Waals surface area (Å²) in [5.74, 6) is -0.558. The maximum Gasteiger partial charge on any atom is 0.416 e. The Hall–Kier alpha value is -2.78. The zero-order valence-corrected chi connectivity index (χ0v) is 16.4. The first-order chi connectivity index (χ1) is 13.5. The van der Waals surface area contributed by atoms with Gasteiger partial charge in [-0.1, -0.05) is 13.0 Å². The number of likely N-dealkylation sites (tertiary alicyclic amines) is 1. The number of urea groups is 1. The van der Waals surface area contributed by atoms with Crippen molar-refractivity contribution in [3.8, 4) is 0 Å². The van der Waals surface area contributed by atoms with Gasteiger partial charge in [0.05, 0.1) is 5.56 Å². The lowest BCUT2D eigenvalue weighted by molar-refractivity contribution is -0.137. The van der Waals surface area contributed by atoms with Crippen molar-refractivity contribution in [3.63, 3.8) is 0 Å². The smallest absolute Gasteiger partial charge is 0.370 e. The second-order valence-electron chi connectivity index (χ2n) is 7.38. The molecule has 1 heterocycles. The number of nitrogens with zero attached hydrogens (tertiary/aromatic N) is 2. The van der Waals surface area contributed by atoms with E-state index in [2.05, 4.69) is 5.32 Å². The van der Waals surface area contributed by atoms with Gasteiger partial charge in [0, 0.05) is 32.2 Å². The number of carbonyl (C=O) groups is 2. The van der Waals surface area contributed by atoms with E-state index < -0.39 is 17.8 Å². The third-order valence-electron chi connectivity index (χ3n) is 5.22. The third kappa shape index (κ3) is 6.10. The van der Waals surface area contributed by atoms with Gasteiger partial charge >= 0.3 is 12.2 Å². The van der Waals surface area contributed by atoms with Gasteiger partial charge in [0.2, 0.25) is 5.91 Å². The number of hydrogen-bond acceptors (Lipinski definition) is 3. The van der Waals surface area contributed by atoms with Crippen molar-refractivity contribution in [2.75, 3.05) is 25.5 Å². The number of alkyl halides is 3. The van der Waals surface area contributed by atoms with Crippen molar-refractivity contribution in [2.24, 2.45) is 17.6 Å². The van der Waals surface area contributed by atoms with Crippen LogP contribution in [0.25, 0.3) is 0 Å². The maximum absolute atomic E-state index is 12.8. The zero-order chi connectivity index (χ0) is 21.8. The van der Waals surface area contributed by atoms with E-state index in [1.165, 1.54) is 19.2 Å². The van der Waals surface area contributed by atoms with Crippen molar-refractivity contribution >= 4 is 23.6 Å². The number of benzene rings is 1. The van der Waals surface area contributed by atoms with Crippen LogP contribution in [0.3, 0.4) is 0 Å². The summed E-state index contributed by atoms with van der Waals surface area (Å²) in [5.41, 5.74) is 4.58. The van der Waals surface area contributed by atoms with Crippen LogP contribution in [0.5, 0.6) is 0 Å². The van der Waals surface area contributed by atoms with Crippen LogP contribution in [0.2, 0.25) is 0 Å². The van der Waals surface area contributed by atoms with Gasteiger partial charge in [-0.3, -0.25) is 15.1 Å². The van der Waals surface area contributed by atoms with Crippen LogP contribution in [0.15, 0.2) is 24.3 Å². The number of rotatable bonds is 4. The Bertz CT molecular complexity index is 768. The molecular formula is C19H26F3N5O2. The van der Waals surface area contributed by atoms with E-state index in [1.807, 2.05) is 6.92 Å². The summed E-state index contributed by atoms with van der Waals surface area (Å²) in [6.45, 7) is 2.81. The number of guanidine groups is 1. The monoisotopic (exact) mass is 413 g/mol. The number of nitrogens with one attached hydrogen (secondary N) is 2. The first-order valence-corrected chi connectivity index (χ1v) is 9.32. The van der Waals surface area contributed by atoms with Gasteiger partial charge in [0.15, 0.2) is 5.96 Å². The number of nitrogens with two attached hydrogens (primary N) is 1. The van der Waals surface area contributed by atoms with Crippen molar-refractivity contribution in [1.82, 2.24) is 9.80 Å². The molecule has 0 aromatic heterocycles. The maximum atomic E-state index is 12.8. The molecule has 1 aromatic rings. The minimum absolute atomic E-state index is 0.0338. The Labute approximate surface area is 167 Å². The van der Waals surface area contributed by atoms with Crippen molar-refractivity contribution < 1.29 is 22.8 Å². The first kappa shape index (κ1) is 22.5. The molecule has 10 heteroatoms. The predicted octanol–water partition coefficient (Wildman–Crippen LogP) is 3.33. The fourth-order valence-electron chi connectivity index (χ4n) is 3.35. The lowest BCUT2D eigenvalue weighted by Crippen LogP contribution is -2.45. The molecule has 0 saturated carbocycles. The zero-order valence-electron chi connectivity index (χ0n) is 16.4. The van der Waals surface area contributed by atoms with Crippen molar-refractivity contribution in [3.05, 3.63) is 29.8 Å². The summed E-state index contributed by atoms with van der Waals surface area (Å²) in [6, 6.07) is 4.04. The van der Waals surface area contributed by atoms with E-state index in [1.54, 1.807) is 4.90 Å². The van der Waals surface area contributed by atoms with Gasteiger partial charge < -0.3 is 16.0 Å². The van der Waals surface area contributed by atoms with Crippen molar-refractivity contribution in [1.29, 1.82) is 5.41 Å². The van der Waals surface area contributed by atoms with Crippen LogP contribution >= 0.6 is 0 Å². The molecule has 1 aliphatic rings. The highest BCUT2D eigenvalue weighted by molar-refractivity contribution is 5.94. The van der Waals surface area contributed by atoms with E-state index in [0.717, 1.165) is 29.9 Å². The number of anilines is 1. The highest BCUT2D eigenvalue weighted by Gasteiger charge is 2.32. The molecule has 1 fully saturated rings. The highest BCUT2D eigenvalue weighted by Crippen LogP contribution is 2.31. The molecular weight excluding hydrogens is 387 g/mol. The van der Waals surface area contributed by atoms with Crippen molar-refractivity contribution in [2.45, 2.75) is 32.4 Å². The van der Waals surface area contributed by atoms with Crippen LogP contribution in [-0.2, 0) is 11.0 Å². The summed E-state index contributed by atoms with van der Waals surface area (Å²) in [6.07, 6.45) is -2.71. The van der Waals surface area contributed by atoms with Gasteiger partial charge in [-0.2, -0.15) is 13.2 Å². The predicted molar refractivity (Wildman–Crippen MR) is 103 cm³/mol. The summed E-state index contributed by atoms with van der Waals surface area (Å²) < 4.78 is 38.5. The van der Waals surface area contributed by atoms with Gasteiger partial charge in [0.25, 0.3) is 0 Å². The molecule has 2 atom stereocenters. The quantitative estimate of drug-likeness (QED) is 0.521. The van der Waals surface area contributed by atoms with Crippen LogP contribution in [0, 0.1) is 17.2 Å². The first-order valence-electron chi connectivity index (χ1n) is 9.32. The summed E-state index contributed by atoms with van der Waals surface area (Å²) >= 11 is 0. The molecule has 1 saturated heterocycles. The van der Waals surface area contributed by atoms with E-state index in [9.17, 15) is 22.8 Å². The second kappa shape index (κ2) is 9.15. The standard InChI is InChI=1S/C19H26F3N5O2/c1-12(9-16(28)26(2)17(23)24)13-5-4-8-27(11-13)18(29)25-15-7-3-6-14(10-15)19(20,21)22/h3,6-7,10,12-13H,4-5,8-9,11H2,1-2H3,(H3,23,24)(H,25,29)/t12-,13?/m1/s1. The normalized spacial score (nSPS) is 18.1. The molecule has 1 aromatic carbocycles. The summed E-state index contributed by atoms with van der Waals surface area (Å²) in [7, 11) is 1.44. The average molecular weight is 413 g/mol. The SMILES string of the molecule is C[C@H](CC(=O)N(C)C(=N)N)C1CCCN(C(=O)Nc2cccc(C(F)(F)F)c2)C1. The molecule has 0 spiro atoms. The average Bonchev–Trinajstić information content (AvgIpc) is 2.66. The molecule has 29 heavy (non-hydrogen) atoms. The molecule has 160 valence electrons. The van der Waals surface area contributed by atoms with Gasteiger partial charge in [-0.05, 0) is 42.9 Å². The minimum Gasteiger partial charge on any atom is -0.370 e. The lowest BCUT2D eigenvalue weighted by atomic mass is 9.84. The van der Waals surface area contributed by atoms with Crippen LogP contribution < -0.4 is 11.1 Å². The van der Waals surface area contributed by atoms with Crippen LogP contribution in [0.1, 0.15) is 31.7 Å². The van der Waals surface area contributed by atoms with Gasteiger partial charge in [-0.25, -0.2) is 4.79 Å². The topological polar surface area (TPSA) is 103 Å². The summed E-state index contributed by atoms with van der Waals surface area (Å²) in [4.78, 5) is 27.3. The van der Waals surface area contributed by atoms with Crippen LogP contribution in [0.4, 0.5) is 23.7 Å². The van der Waals surface area contributed by atoms with E-state index >= 15 is 0 Å². The Kier molecular flexibility index (Phi) is 7.10. The van der Waals surface area contributed by atoms with Gasteiger partial charge in [-0.15, -0.1) is 0 Å². The molecule has 4 N–H and O–H groups in total. The Balaban J connectivity index is 1.97. The van der Waals surface area contributed by atoms with E-state index in [0.29, 0.717) is 13.1 Å². The summed E-state index contributed by atoms with van der Waals surface area (Å²) in [5, 5.41) is 9.84. The molecule has 0 bridgehead atoms. The largest absolute Gasteiger partial charge is 0.416 e. The Morgan fingerprint density at radius 1 is 1.41 bits per heavy atom. The third-order valence-corrected chi connectivity index (χ3v) is 5.22. The van der Waals surface area contributed by atoms with Crippen LogP contribution in [-0.4, -0.2) is 47.8 Å².